The van der Waals surface area contributed by atoms with Crippen molar-refractivity contribution in [2.24, 2.45) is 0 Å². The summed E-state index contributed by atoms with van der Waals surface area (Å²) in [6.45, 7) is 0. The number of H-pyrrole nitrogens is 1. The number of para-hydroxylation sites is 1. The Balaban J connectivity index is 1.85. The van der Waals surface area contributed by atoms with E-state index in [2.05, 4.69) is 15.2 Å². The van der Waals surface area contributed by atoms with Gasteiger partial charge in [-0.1, -0.05) is 18.2 Å². The number of nitrogens with one attached hydrogen (secondary N) is 1. The van der Waals surface area contributed by atoms with Crippen molar-refractivity contribution in [2.45, 2.75) is 5.37 Å². The van der Waals surface area contributed by atoms with Crippen LogP contribution in [0.15, 0.2) is 42.6 Å². The predicted molar refractivity (Wildman–Crippen MR) is 84.7 cm³/mol. The maximum atomic E-state index is 12.4. The van der Waals surface area contributed by atoms with Crippen LogP contribution < -0.4 is 4.90 Å². The molecule has 3 aromatic rings. The van der Waals surface area contributed by atoms with E-state index in [1.807, 2.05) is 24.3 Å². The topological polar surface area (TPSA) is 82.1 Å². The highest BCUT2D eigenvalue weighted by Crippen LogP contribution is 2.45. The fraction of sp³-hybridized carbons (Fsp3) is 0.133. The molecule has 1 amide bonds. The van der Waals surface area contributed by atoms with Gasteiger partial charge in [-0.15, -0.1) is 11.8 Å². The number of carbonyl (C=O) groups is 1. The molecule has 2 N–H and O–H groups in total. The second kappa shape index (κ2) is 5.03. The molecule has 22 heavy (non-hydrogen) atoms. The number of amides is 1. The first-order valence-electron chi connectivity index (χ1n) is 6.76. The lowest BCUT2D eigenvalue weighted by Gasteiger charge is -2.22. The summed E-state index contributed by atoms with van der Waals surface area (Å²) >= 11 is 1.47. The van der Waals surface area contributed by atoms with Gasteiger partial charge in [-0.05, 0) is 18.2 Å². The summed E-state index contributed by atoms with van der Waals surface area (Å²) in [5.41, 5.74) is 1.34. The summed E-state index contributed by atoms with van der Waals surface area (Å²) in [7, 11) is 0. The van der Waals surface area contributed by atoms with Gasteiger partial charge in [0.2, 0.25) is 5.91 Å². The lowest BCUT2D eigenvalue weighted by molar-refractivity contribution is -0.115. The van der Waals surface area contributed by atoms with Crippen molar-refractivity contribution < 1.29 is 9.90 Å². The van der Waals surface area contributed by atoms with E-state index in [1.54, 1.807) is 23.2 Å². The van der Waals surface area contributed by atoms with E-state index >= 15 is 0 Å². The molecule has 0 bridgehead atoms. The highest BCUT2D eigenvalue weighted by atomic mass is 32.2. The third-order valence-electron chi connectivity index (χ3n) is 3.62. The number of benzene rings is 1. The number of thioether (sulfide) groups is 1. The molecule has 1 aromatic carbocycles. The Kier molecular flexibility index (Phi) is 3.00. The SMILES string of the molecule is O=C1CS[C@H](c2ccccc2O)N1c1n[nH]c2ncccc12. The first-order valence-corrected chi connectivity index (χ1v) is 7.81. The number of aromatic hydroxyl groups is 1. The van der Waals surface area contributed by atoms with Crippen LogP contribution in [-0.2, 0) is 4.79 Å². The number of aromatic nitrogens is 3. The fourth-order valence-electron chi connectivity index (χ4n) is 2.60. The quantitative estimate of drug-likeness (QED) is 0.759. The van der Waals surface area contributed by atoms with Gasteiger partial charge < -0.3 is 5.11 Å². The van der Waals surface area contributed by atoms with Crippen molar-refractivity contribution in [1.29, 1.82) is 0 Å². The van der Waals surface area contributed by atoms with Gasteiger partial charge in [-0.2, -0.15) is 5.10 Å². The first-order chi connectivity index (χ1) is 10.8. The summed E-state index contributed by atoms with van der Waals surface area (Å²) in [4.78, 5) is 18.2. The second-order valence-corrected chi connectivity index (χ2v) is 6.00. The summed E-state index contributed by atoms with van der Waals surface area (Å²) < 4.78 is 0. The van der Waals surface area contributed by atoms with Crippen LogP contribution in [0.1, 0.15) is 10.9 Å². The molecule has 0 unspecified atom stereocenters. The lowest BCUT2D eigenvalue weighted by Crippen LogP contribution is -2.28. The number of phenols is 1. The van der Waals surface area contributed by atoms with Crippen molar-refractivity contribution in [3.05, 3.63) is 48.2 Å². The summed E-state index contributed by atoms with van der Waals surface area (Å²) in [6.07, 6.45) is 1.67. The van der Waals surface area contributed by atoms with Gasteiger partial charge in [0, 0.05) is 11.8 Å². The highest BCUT2D eigenvalue weighted by Gasteiger charge is 2.37. The molecule has 0 radical (unpaired) electrons. The smallest absolute Gasteiger partial charge is 0.239 e. The van der Waals surface area contributed by atoms with E-state index in [0.717, 1.165) is 5.39 Å². The van der Waals surface area contributed by atoms with Gasteiger partial charge >= 0.3 is 0 Å². The van der Waals surface area contributed by atoms with E-state index in [9.17, 15) is 9.90 Å². The minimum atomic E-state index is -0.291. The molecule has 6 nitrogen and oxygen atoms in total. The average Bonchev–Trinajstić information content (AvgIpc) is 3.11. The molecule has 0 aliphatic carbocycles. The molecule has 0 spiro atoms. The van der Waals surface area contributed by atoms with Gasteiger partial charge in [0.05, 0.1) is 11.1 Å². The zero-order valence-corrected chi connectivity index (χ0v) is 12.2. The molecule has 1 aliphatic heterocycles. The van der Waals surface area contributed by atoms with E-state index in [-0.39, 0.29) is 17.0 Å². The number of anilines is 1. The van der Waals surface area contributed by atoms with E-state index in [1.165, 1.54) is 11.8 Å². The second-order valence-electron chi connectivity index (χ2n) is 4.93. The van der Waals surface area contributed by atoms with Crippen LogP contribution in [0.2, 0.25) is 0 Å². The molecular formula is C15H12N4O2S. The molecule has 1 atom stereocenters. The van der Waals surface area contributed by atoms with Crippen molar-refractivity contribution in [1.82, 2.24) is 15.2 Å². The monoisotopic (exact) mass is 312 g/mol. The van der Waals surface area contributed by atoms with Crippen molar-refractivity contribution >= 4 is 34.5 Å². The summed E-state index contributed by atoms with van der Waals surface area (Å²) in [6, 6.07) is 10.7. The number of carbonyl (C=O) groups excluding carboxylic acids is 1. The number of pyridine rings is 1. The van der Waals surface area contributed by atoms with Crippen LogP contribution in [0.25, 0.3) is 11.0 Å². The van der Waals surface area contributed by atoms with Gasteiger partial charge in [0.1, 0.15) is 11.1 Å². The number of phenolic OH excluding ortho intramolecular Hbond substituents is 1. The number of hydrogen-bond acceptors (Lipinski definition) is 5. The Bertz CT molecular complexity index is 863. The molecule has 0 saturated carbocycles. The molecule has 7 heteroatoms. The maximum absolute atomic E-state index is 12.4. The molecule has 3 heterocycles. The Morgan fingerprint density at radius 2 is 2.14 bits per heavy atom. The highest BCUT2D eigenvalue weighted by molar-refractivity contribution is 8.00. The number of nitrogens with zero attached hydrogens (tertiary/aromatic N) is 3. The van der Waals surface area contributed by atoms with Crippen molar-refractivity contribution in [3.8, 4) is 5.75 Å². The van der Waals surface area contributed by atoms with Crippen LogP contribution in [0.3, 0.4) is 0 Å². The molecule has 110 valence electrons. The molecule has 1 fully saturated rings. The van der Waals surface area contributed by atoms with Crippen LogP contribution >= 0.6 is 11.8 Å². The molecule has 1 aliphatic rings. The minimum Gasteiger partial charge on any atom is -0.508 e. The zero-order chi connectivity index (χ0) is 15.1. The molecule has 4 rings (SSSR count). The largest absolute Gasteiger partial charge is 0.508 e. The van der Waals surface area contributed by atoms with Crippen molar-refractivity contribution in [2.75, 3.05) is 10.7 Å². The van der Waals surface area contributed by atoms with E-state index in [0.29, 0.717) is 22.8 Å². The minimum absolute atomic E-state index is 0.0319. The number of fused-ring (bicyclic) bond motifs is 1. The Labute approximate surface area is 130 Å². The average molecular weight is 312 g/mol. The van der Waals surface area contributed by atoms with Crippen LogP contribution in [0.4, 0.5) is 5.82 Å². The Morgan fingerprint density at radius 1 is 1.27 bits per heavy atom. The number of rotatable bonds is 2. The van der Waals surface area contributed by atoms with Gasteiger partial charge in [0.25, 0.3) is 0 Å². The van der Waals surface area contributed by atoms with Gasteiger partial charge in [-0.25, -0.2) is 4.98 Å². The zero-order valence-electron chi connectivity index (χ0n) is 11.4. The molecule has 1 saturated heterocycles. The maximum Gasteiger partial charge on any atom is 0.239 e. The first kappa shape index (κ1) is 13.1. The number of hydrogen-bond donors (Lipinski definition) is 2. The van der Waals surface area contributed by atoms with Crippen LogP contribution in [-0.4, -0.2) is 31.9 Å². The van der Waals surface area contributed by atoms with Gasteiger partial charge in [-0.3, -0.25) is 14.8 Å². The third-order valence-corrected chi connectivity index (χ3v) is 4.81. The van der Waals surface area contributed by atoms with Gasteiger partial charge in [0.15, 0.2) is 11.5 Å². The Hall–Kier alpha value is -2.54. The normalized spacial score (nSPS) is 18.3. The van der Waals surface area contributed by atoms with Crippen LogP contribution in [0, 0.1) is 0 Å². The lowest BCUT2D eigenvalue weighted by atomic mass is 10.1. The fourth-order valence-corrected chi connectivity index (χ4v) is 3.79. The molecular weight excluding hydrogens is 300 g/mol. The number of aromatic amines is 1. The Morgan fingerprint density at radius 3 is 3.00 bits per heavy atom. The summed E-state index contributed by atoms with van der Waals surface area (Å²) in [5, 5.41) is 17.7. The third kappa shape index (κ3) is 1.93. The molecule has 2 aromatic heterocycles. The predicted octanol–water partition coefficient (Wildman–Crippen LogP) is 2.44. The standard InChI is InChI=1S/C15H12N4O2S/c20-11-6-2-1-4-9(11)15-19(12(21)8-22-15)14-10-5-3-7-16-13(10)17-18-14/h1-7,15,20H,8H2,(H,16,17,18)/t15-/m1/s1. The van der Waals surface area contributed by atoms with Crippen molar-refractivity contribution in [3.63, 3.8) is 0 Å². The summed E-state index contributed by atoms with van der Waals surface area (Å²) in [5.74, 6) is 1.05. The van der Waals surface area contributed by atoms with E-state index in [4.69, 9.17) is 0 Å². The van der Waals surface area contributed by atoms with Crippen LogP contribution in [0.5, 0.6) is 5.75 Å². The van der Waals surface area contributed by atoms with E-state index < -0.39 is 0 Å².